The van der Waals surface area contributed by atoms with E-state index in [1.165, 1.54) is 6.33 Å². The van der Waals surface area contributed by atoms with Crippen LogP contribution in [0.1, 0.15) is 11.3 Å². The quantitative estimate of drug-likeness (QED) is 0.625. The number of aryl methyl sites for hydroxylation is 1. The van der Waals surface area contributed by atoms with Crippen molar-refractivity contribution in [2.75, 3.05) is 5.73 Å². The lowest BCUT2D eigenvalue weighted by Gasteiger charge is -1.99. The second-order valence-electron chi connectivity index (χ2n) is 1.96. The molecule has 1 aromatic heterocycles. The molecule has 0 unspecified atom stereocenters. The minimum atomic E-state index is 0.488. The van der Waals surface area contributed by atoms with Crippen LogP contribution >= 0.6 is 0 Å². The molecule has 3 nitrogen and oxygen atoms in total. The summed E-state index contributed by atoms with van der Waals surface area (Å²) >= 11 is 0. The first kappa shape index (κ1) is 6.74. The Morgan fingerprint density at radius 1 is 1.60 bits per heavy atom. The van der Waals surface area contributed by atoms with Crippen LogP contribution in [-0.2, 0) is 0 Å². The van der Waals surface area contributed by atoms with E-state index in [9.17, 15) is 0 Å². The second kappa shape index (κ2) is 2.47. The van der Waals surface area contributed by atoms with E-state index in [-0.39, 0.29) is 0 Å². The molecule has 0 fully saturated rings. The summed E-state index contributed by atoms with van der Waals surface area (Å²) in [4.78, 5) is 7.75. The Bertz CT molecular complexity index is 235. The first-order chi connectivity index (χ1) is 4.75. The molecule has 0 amide bonds. The maximum Gasteiger partial charge on any atom is 0.134 e. The van der Waals surface area contributed by atoms with Crippen molar-refractivity contribution in [1.82, 2.24) is 9.97 Å². The van der Waals surface area contributed by atoms with E-state index in [1.54, 1.807) is 6.08 Å². The van der Waals surface area contributed by atoms with Crippen LogP contribution in [0.4, 0.5) is 5.82 Å². The Hall–Kier alpha value is -1.38. The van der Waals surface area contributed by atoms with Crippen LogP contribution in [0.15, 0.2) is 12.9 Å². The molecule has 0 aliphatic heterocycles. The van der Waals surface area contributed by atoms with Crippen LogP contribution in [0.2, 0.25) is 0 Å². The number of aromatic nitrogens is 2. The van der Waals surface area contributed by atoms with Crippen molar-refractivity contribution in [2.24, 2.45) is 0 Å². The van der Waals surface area contributed by atoms with Crippen LogP contribution in [0, 0.1) is 6.92 Å². The largest absolute Gasteiger partial charge is 0.383 e. The van der Waals surface area contributed by atoms with Crippen molar-refractivity contribution in [2.45, 2.75) is 6.92 Å². The van der Waals surface area contributed by atoms with Gasteiger partial charge in [-0.15, -0.1) is 0 Å². The molecule has 1 heterocycles. The van der Waals surface area contributed by atoms with Crippen LogP contribution < -0.4 is 5.73 Å². The zero-order chi connectivity index (χ0) is 7.56. The van der Waals surface area contributed by atoms with Crippen molar-refractivity contribution in [3.05, 3.63) is 24.2 Å². The van der Waals surface area contributed by atoms with Crippen LogP contribution in [0.3, 0.4) is 0 Å². The smallest absolute Gasteiger partial charge is 0.134 e. The Balaban J connectivity index is 3.30. The van der Waals surface area contributed by atoms with Gasteiger partial charge in [0.15, 0.2) is 0 Å². The van der Waals surface area contributed by atoms with E-state index in [1.807, 2.05) is 6.92 Å². The molecule has 0 saturated carbocycles. The van der Waals surface area contributed by atoms with Gasteiger partial charge >= 0.3 is 0 Å². The summed E-state index contributed by atoms with van der Waals surface area (Å²) in [7, 11) is 0. The summed E-state index contributed by atoms with van der Waals surface area (Å²) in [5, 5.41) is 0. The summed E-state index contributed by atoms with van der Waals surface area (Å²) in [5.74, 6) is 0.488. The predicted molar refractivity (Wildman–Crippen MR) is 41.3 cm³/mol. The van der Waals surface area contributed by atoms with Crippen molar-refractivity contribution in [1.29, 1.82) is 0 Å². The molecule has 0 bridgehead atoms. The highest BCUT2D eigenvalue weighted by atomic mass is 14.9. The summed E-state index contributed by atoms with van der Waals surface area (Å²) in [6, 6.07) is 0. The van der Waals surface area contributed by atoms with E-state index < -0.39 is 0 Å². The monoisotopic (exact) mass is 135 g/mol. The Morgan fingerprint density at radius 3 is 2.70 bits per heavy atom. The molecule has 2 N–H and O–H groups in total. The molecule has 0 atom stereocenters. The number of hydrogen-bond acceptors (Lipinski definition) is 3. The molecular weight excluding hydrogens is 126 g/mol. The van der Waals surface area contributed by atoms with Gasteiger partial charge in [-0.2, -0.15) is 0 Å². The maximum atomic E-state index is 5.51. The maximum absolute atomic E-state index is 5.51. The zero-order valence-electron chi connectivity index (χ0n) is 5.83. The highest BCUT2D eigenvalue weighted by Crippen LogP contribution is 2.10. The molecule has 10 heavy (non-hydrogen) atoms. The van der Waals surface area contributed by atoms with Gasteiger partial charge in [-0.1, -0.05) is 12.7 Å². The van der Waals surface area contributed by atoms with Gasteiger partial charge in [-0.05, 0) is 6.92 Å². The van der Waals surface area contributed by atoms with E-state index in [4.69, 9.17) is 5.73 Å². The molecule has 0 aliphatic rings. The van der Waals surface area contributed by atoms with Gasteiger partial charge in [-0.25, -0.2) is 9.97 Å². The van der Waals surface area contributed by atoms with E-state index >= 15 is 0 Å². The van der Waals surface area contributed by atoms with Gasteiger partial charge in [-0.3, -0.25) is 0 Å². The van der Waals surface area contributed by atoms with Crippen molar-refractivity contribution < 1.29 is 0 Å². The fourth-order valence-electron chi connectivity index (χ4n) is 0.754. The lowest BCUT2D eigenvalue weighted by Crippen LogP contribution is -1.97. The summed E-state index contributed by atoms with van der Waals surface area (Å²) in [6.45, 7) is 5.46. The van der Waals surface area contributed by atoms with Gasteiger partial charge in [0, 0.05) is 11.3 Å². The highest BCUT2D eigenvalue weighted by molar-refractivity contribution is 5.60. The van der Waals surface area contributed by atoms with E-state index in [2.05, 4.69) is 16.5 Å². The van der Waals surface area contributed by atoms with Crippen LogP contribution in [0.25, 0.3) is 6.08 Å². The van der Waals surface area contributed by atoms with E-state index in [0.717, 1.165) is 11.3 Å². The Morgan fingerprint density at radius 2 is 2.30 bits per heavy atom. The van der Waals surface area contributed by atoms with Gasteiger partial charge in [0.2, 0.25) is 0 Å². The van der Waals surface area contributed by atoms with Crippen molar-refractivity contribution in [3.63, 3.8) is 0 Å². The normalized spacial score (nSPS) is 9.30. The molecular formula is C7H9N3. The number of rotatable bonds is 1. The number of hydrogen-bond donors (Lipinski definition) is 1. The third-order valence-electron chi connectivity index (χ3n) is 1.32. The van der Waals surface area contributed by atoms with Crippen LogP contribution in [0.5, 0.6) is 0 Å². The Labute approximate surface area is 59.6 Å². The standard InChI is InChI=1S/C7H9N3/c1-3-6-5(2)9-4-10-7(6)8/h3-4H,1H2,2H3,(H2,8,9,10). The highest BCUT2D eigenvalue weighted by Gasteiger charge is 1.98. The minimum Gasteiger partial charge on any atom is -0.383 e. The summed E-state index contributed by atoms with van der Waals surface area (Å²) in [6.07, 6.45) is 3.10. The lowest BCUT2D eigenvalue weighted by atomic mass is 10.2. The molecule has 1 aromatic rings. The first-order valence-corrected chi connectivity index (χ1v) is 2.95. The number of nitrogen functional groups attached to an aromatic ring is 1. The molecule has 3 heteroatoms. The SMILES string of the molecule is C=Cc1c(C)ncnc1N. The topological polar surface area (TPSA) is 51.8 Å². The summed E-state index contributed by atoms with van der Waals surface area (Å²) < 4.78 is 0. The van der Waals surface area contributed by atoms with Gasteiger partial charge in [0.25, 0.3) is 0 Å². The number of anilines is 1. The summed E-state index contributed by atoms with van der Waals surface area (Å²) in [5.41, 5.74) is 7.19. The number of nitrogens with zero attached hydrogens (tertiary/aromatic N) is 2. The average molecular weight is 135 g/mol. The molecule has 1 rings (SSSR count). The molecule has 0 aromatic carbocycles. The van der Waals surface area contributed by atoms with Crippen molar-refractivity contribution >= 4 is 11.9 Å². The second-order valence-corrected chi connectivity index (χ2v) is 1.96. The van der Waals surface area contributed by atoms with Gasteiger partial charge in [0.1, 0.15) is 12.1 Å². The lowest BCUT2D eigenvalue weighted by molar-refractivity contribution is 1.10. The van der Waals surface area contributed by atoms with Gasteiger partial charge < -0.3 is 5.73 Å². The van der Waals surface area contributed by atoms with Crippen LogP contribution in [-0.4, -0.2) is 9.97 Å². The van der Waals surface area contributed by atoms with Crippen molar-refractivity contribution in [3.8, 4) is 0 Å². The van der Waals surface area contributed by atoms with E-state index in [0.29, 0.717) is 5.82 Å². The molecule has 0 radical (unpaired) electrons. The average Bonchev–Trinajstić information content (AvgIpc) is 1.88. The third kappa shape index (κ3) is 0.978. The molecule has 0 aliphatic carbocycles. The first-order valence-electron chi connectivity index (χ1n) is 2.95. The third-order valence-corrected chi connectivity index (χ3v) is 1.32. The predicted octanol–water partition coefficient (Wildman–Crippen LogP) is 1.01. The zero-order valence-corrected chi connectivity index (χ0v) is 5.83. The molecule has 0 saturated heterocycles. The fraction of sp³-hybridized carbons (Fsp3) is 0.143. The molecule has 0 spiro atoms. The minimum absolute atomic E-state index is 0.488. The van der Waals surface area contributed by atoms with Gasteiger partial charge in [0.05, 0.1) is 0 Å². The Kier molecular flexibility index (Phi) is 1.67. The number of nitrogens with two attached hydrogens (primary N) is 1. The molecule has 52 valence electrons. The fourth-order valence-corrected chi connectivity index (χ4v) is 0.754.